The lowest BCUT2D eigenvalue weighted by Crippen LogP contribution is -2.44. The van der Waals surface area contributed by atoms with Crippen LogP contribution in [0.25, 0.3) is 0 Å². The van der Waals surface area contributed by atoms with Gasteiger partial charge in [-0.3, -0.25) is 0 Å². The largest absolute Gasteiger partial charge is 0.323 e. The molecule has 2 heterocycles. The zero-order chi connectivity index (χ0) is 12.0. The Kier molecular flexibility index (Phi) is 2.17. The van der Waals surface area contributed by atoms with E-state index in [0.29, 0.717) is 0 Å². The van der Waals surface area contributed by atoms with Gasteiger partial charge in [0.15, 0.2) is 0 Å². The van der Waals surface area contributed by atoms with Crippen LogP contribution in [0.15, 0.2) is 47.6 Å². The summed E-state index contributed by atoms with van der Waals surface area (Å²) < 4.78 is 0. The van der Waals surface area contributed by atoms with E-state index in [1.807, 2.05) is 30.4 Å². The van der Waals surface area contributed by atoms with Gasteiger partial charge < -0.3 is 4.90 Å². The molecule has 0 unspecified atom stereocenters. The van der Waals surface area contributed by atoms with Crippen LogP contribution in [-0.2, 0) is 5.54 Å². The van der Waals surface area contributed by atoms with Crippen molar-refractivity contribution >= 4 is 23.1 Å². The third kappa shape index (κ3) is 1.52. The normalized spacial score (nSPS) is 19.7. The second-order valence-corrected chi connectivity index (χ2v) is 5.20. The fraction of sp³-hybridized carbons (Fsp3) is 0.214. The lowest BCUT2D eigenvalue weighted by molar-refractivity contribution is 0.284. The highest BCUT2D eigenvalue weighted by Gasteiger charge is 2.35. The van der Waals surface area contributed by atoms with Crippen molar-refractivity contribution in [1.82, 2.24) is 4.90 Å². The molecule has 2 aliphatic heterocycles. The summed E-state index contributed by atoms with van der Waals surface area (Å²) in [6, 6.07) is 5.91. The molecule has 0 fully saturated rings. The van der Waals surface area contributed by atoms with Gasteiger partial charge in [-0.2, -0.15) is 0 Å². The van der Waals surface area contributed by atoms with E-state index in [-0.39, 0.29) is 5.54 Å². The van der Waals surface area contributed by atoms with Gasteiger partial charge in [0.1, 0.15) is 5.84 Å². The fourth-order valence-corrected chi connectivity index (χ4v) is 2.53. The SMILES string of the molecule is CC1(C)c2ccc(Cl)cc2N=C2C=CC=CN21. The van der Waals surface area contributed by atoms with Gasteiger partial charge in [0.25, 0.3) is 0 Å². The Morgan fingerprint density at radius 1 is 1.24 bits per heavy atom. The van der Waals surface area contributed by atoms with Crippen LogP contribution in [-0.4, -0.2) is 10.7 Å². The smallest absolute Gasteiger partial charge is 0.133 e. The molecule has 2 nitrogen and oxygen atoms in total. The summed E-state index contributed by atoms with van der Waals surface area (Å²) in [7, 11) is 0. The van der Waals surface area contributed by atoms with Gasteiger partial charge in [-0.05, 0) is 38.1 Å². The minimum Gasteiger partial charge on any atom is -0.323 e. The van der Waals surface area contributed by atoms with Gasteiger partial charge in [0.05, 0.1) is 11.2 Å². The Labute approximate surface area is 106 Å². The van der Waals surface area contributed by atoms with Crippen LogP contribution < -0.4 is 0 Å². The van der Waals surface area contributed by atoms with Crippen molar-refractivity contribution < 1.29 is 0 Å². The predicted octanol–water partition coefficient (Wildman–Crippen LogP) is 4.00. The Bertz CT molecular complexity index is 568. The number of fused-ring (bicyclic) bond motifs is 2. The topological polar surface area (TPSA) is 15.6 Å². The first-order chi connectivity index (χ1) is 8.09. The first-order valence-corrected chi connectivity index (χ1v) is 6.00. The number of hydrogen-bond donors (Lipinski definition) is 0. The van der Waals surface area contributed by atoms with E-state index in [1.54, 1.807) is 0 Å². The van der Waals surface area contributed by atoms with Crippen molar-refractivity contribution in [1.29, 1.82) is 0 Å². The van der Waals surface area contributed by atoms with E-state index < -0.39 is 0 Å². The average Bonchev–Trinajstić information content (AvgIpc) is 2.28. The zero-order valence-corrected chi connectivity index (χ0v) is 10.6. The zero-order valence-electron chi connectivity index (χ0n) is 9.81. The van der Waals surface area contributed by atoms with Gasteiger partial charge in [-0.1, -0.05) is 23.7 Å². The van der Waals surface area contributed by atoms with Crippen molar-refractivity contribution in [3.63, 3.8) is 0 Å². The van der Waals surface area contributed by atoms with E-state index in [4.69, 9.17) is 11.6 Å². The van der Waals surface area contributed by atoms with Crippen LogP contribution in [0, 0.1) is 0 Å². The first-order valence-electron chi connectivity index (χ1n) is 5.62. The predicted molar refractivity (Wildman–Crippen MR) is 71.7 cm³/mol. The number of aliphatic imine (C=N–C) groups is 1. The van der Waals surface area contributed by atoms with E-state index in [1.165, 1.54) is 5.56 Å². The number of nitrogens with zero attached hydrogens (tertiary/aromatic N) is 2. The third-order valence-corrected chi connectivity index (χ3v) is 3.53. The summed E-state index contributed by atoms with van der Waals surface area (Å²) in [4.78, 5) is 6.83. The lowest BCUT2D eigenvalue weighted by atomic mass is 9.88. The van der Waals surface area contributed by atoms with Gasteiger partial charge in [0, 0.05) is 16.8 Å². The minimum atomic E-state index is -0.0989. The Morgan fingerprint density at radius 3 is 2.88 bits per heavy atom. The molecular formula is C14H13ClN2. The van der Waals surface area contributed by atoms with Crippen molar-refractivity contribution in [2.75, 3.05) is 0 Å². The van der Waals surface area contributed by atoms with Crippen LogP contribution in [0.4, 0.5) is 5.69 Å². The van der Waals surface area contributed by atoms with Gasteiger partial charge in [-0.15, -0.1) is 0 Å². The molecule has 0 atom stereocenters. The summed E-state index contributed by atoms with van der Waals surface area (Å²) in [5.41, 5.74) is 2.07. The summed E-state index contributed by atoms with van der Waals surface area (Å²) in [6.07, 6.45) is 8.12. The molecule has 0 spiro atoms. The average molecular weight is 245 g/mol. The molecule has 0 N–H and O–H groups in total. The van der Waals surface area contributed by atoms with Crippen LogP contribution in [0.5, 0.6) is 0 Å². The van der Waals surface area contributed by atoms with Crippen molar-refractivity contribution in [2.24, 2.45) is 4.99 Å². The molecule has 17 heavy (non-hydrogen) atoms. The summed E-state index contributed by atoms with van der Waals surface area (Å²) in [5, 5.41) is 0.729. The molecule has 86 valence electrons. The molecule has 2 aliphatic rings. The molecule has 3 rings (SSSR count). The summed E-state index contributed by atoms with van der Waals surface area (Å²) in [5.74, 6) is 0.965. The number of hydrogen-bond acceptors (Lipinski definition) is 2. The maximum atomic E-state index is 6.03. The van der Waals surface area contributed by atoms with E-state index in [9.17, 15) is 0 Å². The summed E-state index contributed by atoms with van der Waals surface area (Å²) in [6.45, 7) is 4.38. The molecular weight excluding hydrogens is 232 g/mol. The molecule has 0 radical (unpaired) electrons. The molecule has 0 saturated carbocycles. The Hall–Kier alpha value is -1.54. The number of amidine groups is 1. The van der Waals surface area contributed by atoms with Crippen molar-refractivity contribution in [2.45, 2.75) is 19.4 Å². The molecule has 1 aromatic rings. The number of benzene rings is 1. The number of halogens is 1. The van der Waals surface area contributed by atoms with Crippen molar-refractivity contribution in [3.05, 3.63) is 53.2 Å². The van der Waals surface area contributed by atoms with Gasteiger partial charge in [-0.25, -0.2) is 4.99 Å². The minimum absolute atomic E-state index is 0.0989. The molecule has 3 heteroatoms. The molecule has 0 saturated heterocycles. The number of allylic oxidation sites excluding steroid dienone is 2. The summed E-state index contributed by atoms with van der Waals surface area (Å²) >= 11 is 6.03. The molecule has 0 amide bonds. The molecule has 0 aromatic heterocycles. The third-order valence-electron chi connectivity index (χ3n) is 3.29. The number of rotatable bonds is 0. The molecule has 1 aromatic carbocycles. The highest BCUT2D eigenvalue weighted by molar-refractivity contribution is 6.30. The van der Waals surface area contributed by atoms with Crippen LogP contribution in [0.3, 0.4) is 0 Å². The maximum absolute atomic E-state index is 6.03. The highest BCUT2D eigenvalue weighted by atomic mass is 35.5. The van der Waals surface area contributed by atoms with Crippen LogP contribution in [0.2, 0.25) is 5.02 Å². The molecule has 0 bridgehead atoms. The van der Waals surface area contributed by atoms with Gasteiger partial charge in [0.2, 0.25) is 0 Å². The van der Waals surface area contributed by atoms with E-state index >= 15 is 0 Å². The first kappa shape index (κ1) is 10.6. The molecule has 0 aliphatic carbocycles. The Balaban J connectivity index is 2.25. The second kappa shape index (κ2) is 3.47. The van der Waals surface area contributed by atoms with E-state index in [0.717, 1.165) is 16.5 Å². The van der Waals surface area contributed by atoms with Crippen LogP contribution >= 0.6 is 11.6 Å². The quantitative estimate of drug-likeness (QED) is 0.673. The van der Waals surface area contributed by atoms with Crippen LogP contribution in [0.1, 0.15) is 19.4 Å². The highest BCUT2D eigenvalue weighted by Crippen LogP contribution is 2.41. The maximum Gasteiger partial charge on any atom is 0.133 e. The Morgan fingerprint density at radius 2 is 2.06 bits per heavy atom. The van der Waals surface area contributed by atoms with Gasteiger partial charge >= 0.3 is 0 Å². The monoisotopic (exact) mass is 244 g/mol. The fourth-order valence-electron chi connectivity index (χ4n) is 2.37. The standard InChI is InChI=1S/C14H13ClN2/c1-14(2)11-7-6-10(15)9-12(11)16-13-5-3-4-8-17(13)14/h3-9H,1-2H3. The van der Waals surface area contributed by atoms with Crippen molar-refractivity contribution in [3.8, 4) is 0 Å². The van der Waals surface area contributed by atoms with E-state index in [2.05, 4.69) is 36.0 Å². The second-order valence-electron chi connectivity index (χ2n) is 4.76. The lowest BCUT2D eigenvalue weighted by Gasteiger charge is -2.42.